The number of hydrogen-bond donors (Lipinski definition) is 1. The second-order valence-corrected chi connectivity index (χ2v) is 9.52. The second kappa shape index (κ2) is 18.9. The van der Waals surface area contributed by atoms with Gasteiger partial charge in [-0.1, -0.05) is 104 Å². The van der Waals surface area contributed by atoms with Crippen LogP contribution in [0.5, 0.6) is 0 Å². The van der Waals surface area contributed by atoms with Gasteiger partial charge in [0.1, 0.15) is 10.1 Å². The first-order valence-corrected chi connectivity index (χ1v) is 12.5. The van der Waals surface area contributed by atoms with Gasteiger partial charge in [0.05, 0.1) is 0 Å². The minimum absolute atomic E-state index is 0. The summed E-state index contributed by atoms with van der Waals surface area (Å²) in [5.74, 6) is 0. The van der Waals surface area contributed by atoms with Crippen molar-refractivity contribution in [3.8, 4) is 0 Å². The number of rotatable bonds is 19. The van der Waals surface area contributed by atoms with Crippen LogP contribution in [0.3, 0.4) is 0 Å². The molecule has 0 radical (unpaired) electrons. The van der Waals surface area contributed by atoms with Gasteiger partial charge >= 0.3 is 29.6 Å². The Bertz CT molecular complexity index is 392. The van der Waals surface area contributed by atoms with Crippen LogP contribution in [0.25, 0.3) is 0 Å². The first-order chi connectivity index (χ1) is 12.4. The van der Waals surface area contributed by atoms with Gasteiger partial charge in [0.2, 0.25) is 0 Å². The molecule has 0 spiro atoms. The summed E-state index contributed by atoms with van der Waals surface area (Å²) in [6.45, 7) is 4.38. The molecular weight excluding hydrogens is 371 g/mol. The van der Waals surface area contributed by atoms with E-state index in [0.29, 0.717) is 12.8 Å². The summed E-state index contributed by atoms with van der Waals surface area (Å²) in [7, 11) is -4.67. The largest absolute Gasteiger partial charge is 1.00 e. The van der Waals surface area contributed by atoms with E-state index in [4.69, 9.17) is 0 Å². The maximum atomic E-state index is 11.5. The van der Waals surface area contributed by atoms with E-state index in [1.807, 2.05) is 0 Å². The molecule has 6 heteroatoms. The molecule has 158 valence electrons. The predicted octanol–water partition coefficient (Wildman–Crippen LogP) is 3.29. The standard InChI is InChI=1S/C21H44O4S.Na/c1-3-5-7-9-11-13-15-17-19-21(22,26(23,24)25)20-18-16-14-12-10-8-6-4-2;/h22H,3-20H2,1-2H3,(H,23,24,25);/q;+1/p-1. The molecule has 0 rings (SSSR count). The topological polar surface area (TPSA) is 77.4 Å². The minimum atomic E-state index is -4.67. The van der Waals surface area contributed by atoms with E-state index in [1.165, 1.54) is 51.4 Å². The quantitative estimate of drug-likeness (QED) is 0.200. The second-order valence-electron chi connectivity index (χ2n) is 7.85. The van der Waals surface area contributed by atoms with Crippen molar-refractivity contribution in [2.75, 3.05) is 0 Å². The van der Waals surface area contributed by atoms with Crippen molar-refractivity contribution in [2.45, 2.75) is 134 Å². The smallest absolute Gasteiger partial charge is 0.746 e. The zero-order valence-corrected chi connectivity index (χ0v) is 21.1. The van der Waals surface area contributed by atoms with Crippen LogP contribution >= 0.6 is 0 Å². The minimum Gasteiger partial charge on any atom is -0.746 e. The molecule has 0 aliphatic rings. The number of aliphatic hydroxyl groups is 1. The van der Waals surface area contributed by atoms with E-state index in [-0.39, 0.29) is 42.4 Å². The van der Waals surface area contributed by atoms with E-state index in [1.54, 1.807) is 0 Å². The third-order valence-electron chi connectivity index (χ3n) is 5.31. The fraction of sp³-hybridized carbons (Fsp3) is 1.00. The Hall–Kier alpha value is 0.870. The van der Waals surface area contributed by atoms with Crippen molar-refractivity contribution >= 4 is 10.1 Å². The maximum absolute atomic E-state index is 11.5. The van der Waals surface area contributed by atoms with Gasteiger partial charge in [-0.05, 0) is 25.7 Å². The van der Waals surface area contributed by atoms with Crippen molar-refractivity contribution in [1.82, 2.24) is 0 Å². The van der Waals surface area contributed by atoms with Crippen molar-refractivity contribution in [2.24, 2.45) is 0 Å². The SMILES string of the molecule is CCCCCCCCCCC(O)(CCCCCCCCCC)S(=O)(=O)[O-].[Na+]. The van der Waals surface area contributed by atoms with Gasteiger partial charge in [-0.25, -0.2) is 8.42 Å². The fourth-order valence-electron chi connectivity index (χ4n) is 3.45. The number of unbranched alkanes of at least 4 members (excludes halogenated alkanes) is 14. The summed E-state index contributed by atoms with van der Waals surface area (Å²) >= 11 is 0. The van der Waals surface area contributed by atoms with Gasteiger partial charge < -0.3 is 9.66 Å². The number of hydrogen-bond acceptors (Lipinski definition) is 4. The van der Waals surface area contributed by atoms with Crippen molar-refractivity contribution < 1.29 is 47.6 Å². The van der Waals surface area contributed by atoms with Crippen LogP contribution < -0.4 is 29.6 Å². The van der Waals surface area contributed by atoms with Gasteiger partial charge in [0, 0.05) is 0 Å². The Kier molecular flexibility index (Phi) is 21.0. The molecule has 0 aromatic rings. The van der Waals surface area contributed by atoms with Crippen LogP contribution in [-0.4, -0.2) is 23.0 Å². The molecule has 0 saturated heterocycles. The van der Waals surface area contributed by atoms with Crippen LogP contribution in [0.15, 0.2) is 0 Å². The molecule has 0 aliphatic carbocycles. The van der Waals surface area contributed by atoms with Gasteiger partial charge in [-0.2, -0.15) is 0 Å². The molecule has 0 aliphatic heterocycles. The molecule has 0 aromatic carbocycles. The maximum Gasteiger partial charge on any atom is 1.00 e. The molecule has 1 N–H and O–H groups in total. The molecular formula is C21H43NaO4S. The summed E-state index contributed by atoms with van der Waals surface area (Å²) in [6.07, 6.45) is 17.5. The third-order valence-corrected chi connectivity index (χ3v) is 6.65. The average molecular weight is 415 g/mol. The van der Waals surface area contributed by atoms with Crippen molar-refractivity contribution in [1.29, 1.82) is 0 Å². The van der Waals surface area contributed by atoms with E-state index in [9.17, 15) is 18.1 Å². The molecule has 0 amide bonds. The molecule has 0 saturated carbocycles. The summed E-state index contributed by atoms with van der Waals surface area (Å²) in [5, 5.41) is 10.4. The molecule has 0 aromatic heterocycles. The Morgan fingerprint density at radius 2 is 0.889 bits per heavy atom. The van der Waals surface area contributed by atoms with E-state index < -0.39 is 15.1 Å². The van der Waals surface area contributed by atoms with Crippen LogP contribution in [0.2, 0.25) is 0 Å². The first kappa shape index (κ1) is 30.1. The molecule has 0 unspecified atom stereocenters. The normalized spacial score (nSPS) is 12.1. The van der Waals surface area contributed by atoms with Crippen LogP contribution in [0.1, 0.15) is 129 Å². The van der Waals surface area contributed by atoms with E-state index in [0.717, 1.165) is 38.5 Å². The van der Waals surface area contributed by atoms with Crippen LogP contribution in [0.4, 0.5) is 0 Å². The van der Waals surface area contributed by atoms with Crippen LogP contribution in [0, 0.1) is 0 Å². The Labute approximate surface area is 191 Å². The monoisotopic (exact) mass is 414 g/mol. The molecule has 27 heavy (non-hydrogen) atoms. The van der Waals surface area contributed by atoms with Gasteiger partial charge in [-0.15, -0.1) is 0 Å². The first-order valence-electron chi connectivity index (χ1n) is 11.0. The molecule has 4 nitrogen and oxygen atoms in total. The Morgan fingerprint density at radius 3 is 1.15 bits per heavy atom. The summed E-state index contributed by atoms with van der Waals surface area (Å²) in [6, 6.07) is 0. The molecule has 0 bridgehead atoms. The molecule has 0 fully saturated rings. The zero-order chi connectivity index (χ0) is 19.7. The van der Waals surface area contributed by atoms with Crippen LogP contribution in [-0.2, 0) is 10.1 Å². The van der Waals surface area contributed by atoms with Gasteiger partial charge in [-0.3, -0.25) is 0 Å². The van der Waals surface area contributed by atoms with Gasteiger partial charge in [0.25, 0.3) is 0 Å². The van der Waals surface area contributed by atoms with Crippen molar-refractivity contribution in [3.63, 3.8) is 0 Å². The summed E-state index contributed by atoms with van der Waals surface area (Å²) in [5.41, 5.74) is 0. The zero-order valence-electron chi connectivity index (χ0n) is 18.3. The fourth-order valence-corrected chi connectivity index (χ4v) is 4.23. The summed E-state index contributed by atoms with van der Waals surface area (Å²) in [4.78, 5) is -2.06. The van der Waals surface area contributed by atoms with Crippen molar-refractivity contribution in [3.05, 3.63) is 0 Å². The summed E-state index contributed by atoms with van der Waals surface area (Å²) < 4.78 is 34.6. The van der Waals surface area contributed by atoms with E-state index in [2.05, 4.69) is 13.8 Å². The Balaban J connectivity index is 0. The molecule has 0 atom stereocenters. The molecule has 0 heterocycles. The average Bonchev–Trinajstić information content (AvgIpc) is 2.58. The predicted molar refractivity (Wildman–Crippen MR) is 109 cm³/mol. The van der Waals surface area contributed by atoms with E-state index >= 15 is 0 Å². The van der Waals surface area contributed by atoms with Gasteiger partial charge in [0.15, 0.2) is 4.93 Å². The Morgan fingerprint density at radius 1 is 0.630 bits per heavy atom. The third kappa shape index (κ3) is 16.4.